The van der Waals surface area contributed by atoms with Gasteiger partial charge in [-0.2, -0.15) is 0 Å². The van der Waals surface area contributed by atoms with E-state index in [1.54, 1.807) is 0 Å². The standard InChI is InChI=1S/C9H20B/c1-5-9(4)7-10-6-8(2)3/h8-9H,5-7H2,1-4H3. The van der Waals surface area contributed by atoms with Crippen LogP contribution in [0.4, 0.5) is 0 Å². The van der Waals surface area contributed by atoms with Gasteiger partial charge in [0.25, 0.3) is 0 Å². The molecule has 1 unspecified atom stereocenters. The molecule has 0 N–H and O–H groups in total. The molecule has 0 aromatic rings. The van der Waals surface area contributed by atoms with Gasteiger partial charge in [-0.3, -0.25) is 0 Å². The fourth-order valence-corrected chi connectivity index (χ4v) is 0.881. The van der Waals surface area contributed by atoms with E-state index < -0.39 is 0 Å². The number of hydrogen-bond donors (Lipinski definition) is 0. The lowest BCUT2D eigenvalue weighted by atomic mass is 9.64. The second-order valence-corrected chi connectivity index (χ2v) is 3.67. The molecule has 1 atom stereocenters. The molecular formula is C9H20B. The van der Waals surface area contributed by atoms with Gasteiger partial charge in [-0.05, 0) is 0 Å². The zero-order valence-corrected chi connectivity index (χ0v) is 7.85. The lowest BCUT2D eigenvalue weighted by molar-refractivity contribution is 0.617. The highest BCUT2D eigenvalue weighted by Gasteiger charge is 2.00. The predicted octanol–water partition coefficient (Wildman–Crippen LogP) is 3.23. The highest BCUT2D eigenvalue weighted by Crippen LogP contribution is 2.09. The Bertz CT molecular complexity index is 69.1. The second-order valence-electron chi connectivity index (χ2n) is 3.67. The highest BCUT2D eigenvalue weighted by molar-refractivity contribution is 6.35. The van der Waals surface area contributed by atoms with Crippen molar-refractivity contribution in [3.05, 3.63) is 0 Å². The normalized spacial score (nSPS) is 13.7. The van der Waals surface area contributed by atoms with Gasteiger partial charge in [-0.25, -0.2) is 0 Å². The maximum Gasteiger partial charge on any atom is 0.110 e. The van der Waals surface area contributed by atoms with Crippen molar-refractivity contribution in [1.29, 1.82) is 0 Å². The van der Waals surface area contributed by atoms with Crippen molar-refractivity contribution >= 4 is 7.28 Å². The van der Waals surface area contributed by atoms with Crippen LogP contribution < -0.4 is 0 Å². The molecule has 0 aromatic carbocycles. The van der Waals surface area contributed by atoms with Gasteiger partial charge in [0.05, 0.1) is 0 Å². The molecule has 0 bridgehead atoms. The van der Waals surface area contributed by atoms with Crippen molar-refractivity contribution < 1.29 is 0 Å². The molecule has 0 nitrogen and oxygen atoms in total. The molecule has 0 spiro atoms. The van der Waals surface area contributed by atoms with Gasteiger partial charge in [0.1, 0.15) is 7.28 Å². The van der Waals surface area contributed by atoms with E-state index in [2.05, 4.69) is 35.0 Å². The Labute approximate surface area is 66.6 Å². The summed E-state index contributed by atoms with van der Waals surface area (Å²) in [5.74, 6) is 1.72. The molecule has 0 rings (SSSR count). The topological polar surface area (TPSA) is 0 Å². The molecule has 1 radical (unpaired) electrons. The SMILES string of the molecule is CCC(C)C[B]CC(C)C. The molecule has 59 valence electrons. The molecule has 0 heterocycles. The predicted molar refractivity (Wildman–Crippen MR) is 49.7 cm³/mol. The third kappa shape index (κ3) is 6.19. The minimum absolute atomic E-state index is 0.837. The highest BCUT2D eigenvalue weighted by atomic mass is 13.9. The molecule has 0 saturated heterocycles. The van der Waals surface area contributed by atoms with E-state index in [1.165, 1.54) is 19.1 Å². The van der Waals surface area contributed by atoms with Crippen LogP contribution in [-0.4, -0.2) is 7.28 Å². The maximum absolute atomic E-state index is 2.43. The van der Waals surface area contributed by atoms with Gasteiger partial charge in [0.15, 0.2) is 0 Å². The number of rotatable bonds is 5. The Hall–Kier alpha value is 0.0649. The Kier molecular flexibility index (Phi) is 5.86. The van der Waals surface area contributed by atoms with Crippen LogP contribution in [0.2, 0.25) is 12.6 Å². The van der Waals surface area contributed by atoms with Crippen molar-refractivity contribution in [3.8, 4) is 0 Å². The van der Waals surface area contributed by atoms with Crippen LogP contribution >= 0.6 is 0 Å². The first-order valence-corrected chi connectivity index (χ1v) is 4.48. The molecule has 0 amide bonds. The second kappa shape index (κ2) is 5.82. The maximum atomic E-state index is 2.43. The van der Waals surface area contributed by atoms with Gasteiger partial charge < -0.3 is 0 Å². The molecule has 0 fully saturated rings. The Morgan fingerprint density at radius 1 is 1.10 bits per heavy atom. The minimum atomic E-state index is 0.837. The minimum Gasteiger partial charge on any atom is -0.0780 e. The first-order chi connectivity index (χ1) is 4.66. The van der Waals surface area contributed by atoms with E-state index in [4.69, 9.17) is 0 Å². The van der Waals surface area contributed by atoms with Crippen LogP contribution in [0.1, 0.15) is 34.1 Å². The zero-order chi connectivity index (χ0) is 7.98. The quantitative estimate of drug-likeness (QED) is 0.513. The van der Waals surface area contributed by atoms with Crippen molar-refractivity contribution in [2.45, 2.75) is 46.8 Å². The zero-order valence-electron chi connectivity index (χ0n) is 7.85. The van der Waals surface area contributed by atoms with Gasteiger partial charge in [-0.1, -0.05) is 58.6 Å². The third-order valence-electron chi connectivity index (χ3n) is 1.90. The number of hydrogen-bond acceptors (Lipinski definition) is 0. The average molecular weight is 139 g/mol. The van der Waals surface area contributed by atoms with E-state index in [0.29, 0.717) is 0 Å². The van der Waals surface area contributed by atoms with E-state index in [1.807, 2.05) is 0 Å². The van der Waals surface area contributed by atoms with Crippen LogP contribution in [0.3, 0.4) is 0 Å². The van der Waals surface area contributed by atoms with Crippen molar-refractivity contribution in [1.82, 2.24) is 0 Å². The summed E-state index contributed by atoms with van der Waals surface area (Å²) in [6.45, 7) is 9.12. The Morgan fingerprint density at radius 2 is 1.70 bits per heavy atom. The van der Waals surface area contributed by atoms with E-state index in [-0.39, 0.29) is 0 Å². The van der Waals surface area contributed by atoms with Gasteiger partial charge >= 0.3 is 0 Å². The summed E-state index contributed by atoms with van der Waals surface area (Å²) in [5.41, 5.74) is 0. The summed E-state index contributed by atoms with van der Waals surface area (Å²) >= 11 is 0. The summed E-state index contributed by atoms with van der Waals surface area (Å²) in [5, 5.41) is 0. The largest absolute Gasteiger partial charge is 0.110 e. The summed E-state index contributed by atoms with van der Waals surface area (Å²) in [4.78, 5) is 0. The van der Waals surface area contributed by atoms with Gasteiger partial charge in [-0.15, -0.1) is 0 Å². The smallest absolute Gasteiger partial charge is 0.0780 e. The first-order valence-electron chi connectivity index (χ1n) is 4.48. The van der Waals surface area contributed by atoms with Crippen molar-refractivity contribution in [2.24, 2.45) is 11.8 Å². The molecule has 0 aromatic heterocycles. The fraction of sp³-hybridized carbons (Fsp3) is 1.00. The average Bonchev–Trinajstić information content (AvgIpc) is 1.87. The molecule has 0 aliphatic heterocycles. The third-order valence-corrected chi connectivity index (χ3v) is 1.90. The van der Waals surface area contributed by atoms with Gasteiger partial charge in [0.2, 0.25) is 0 Å². The lowest BCUT2D eigenvalue weighted by Crippen LogP contribution is -2.01. The summed E-state index contributed by atoms with van der Waals surface area (Å²) in [6, 6.07) is 0. The van der Waals surface area contributed by atoms with E-state index in [9.17, 15) is 0 Å². The first kappa shape index (κ1) is 10.1. The van der Waals surface area contributed by atoms with Crippen LogP contribution in [0, 0.1) is 11.8 Å². The monoisotopic (exact) mass is 139 g/mol. The summed E-state index contributed by atoms with van der Waals surface area (Å²) < 4.78 is 0. The van der Waals surface area contributed by atoms with Gasteiger partial charge in [0, 0.05) is 0 Å². The molecule has 1 heteroatoms. The molecule has 0 saturated carbocycles. The molecule has 0 aliphatic carbocycles. The van der Waals surface area contributed by atoms with Crippen molar-refractivity contribution in [2.75, 3.05) is 0 Å². The Morgan fingerprint density at radius 3 is 2.10 bits per heavy atom. The van der Waals surface area contributed by atoms with Crippen LogP contribution in [0.15, 0.2) is 0 Å². The van der Waals surface area contributed by atoms with Crippen LogP contribution in [0.5, 0.6) is 0 Å². The fourth-order valence-electron chi connectivity index (χ4n) is 0.881. The summed E-state index contributed by atoms with van der Waals surface area (Å²) in [7, 11) is 2.43. The molecule has 10 heavy (non-hydrogen) atoms. The molecular weight excluding hydrogens is 119 g/mol. The van der Waals surface area contributed by atoms with E-state index in [0.717, 1.165) is 11.8 Å². The van der Waals surface area contributed by atoms with Crippen LogP contribution in [-0.2, 0) is 0 Å². The Balaban J connectivity index is 3.03. The van der Waals surface area contributed by atoms with E-state index >= 15 is 0 Å². The van der Waals surface area contributed by atoms with Crippen molar-refractivity contribution in [3.63, 3.8) is 0 Å². The molecule has 0 aliphatic rings. The lowest BCUT2D eigenvalue weighted by Gasteiger charge is -2.07. The summed E-state index contributed by atoms with van der Waals surface area (Å²) in [6.07, 6.45) is 3.90. The van der Waals surface area contributed by atoms with Crippen LogP contribution in [0.25, 0.3) is 0 Å².